The van der Waals surface area contributed by atoms with Crippen LogP contribution in [0.4, 0.5) is 5.69 Å². The maximum atomic E-state index is 11.8. The van der Waals surface area contributed by atoms with Crippen molar-refractivity contribution in [3.63, 3.8) is 0 Å². The smallest absolute Gasteiger partial charge is 0.227 e. The van der Waals surface area contributed by atoms with E-state index >= 15 is 0 Å². The summed E-state index contributed by atoms with van der Waals surface area (Å²) in [6, 6.07) is 8.33. The number of benzene rings is 1. The number of hydrogen-bond acceptors (Lipinski definition) is 4. The highest BCUT2D eigenvalue weighted by atomic mass is 32.1. The molecule has 1 heterocycles. The lowest BCUT2D eigenvalue weighted by molar-refractivity contribution is -0.117. The van der Waals surface area contributed by atoms with Gasteiger partial charge >= 0.3 is 0 Å². The van der Waals surface area contributed by atoms with Crippen molar-refractivity contribution in [2.45, 2.75) is 58.5 Å². The third-order valence-electron chi connectivity index (χ3n) is 4.41. The summed E-state index contributed by atoms with van der Waals surface area (Å²) in [5.74, 6) is 0.383. The fraction of sp³-hybridized carbons (Fsp3) is 0.500. The molecule has 1 atom stereocenters. The minimum atomic E-state index is 0.106. The van der Waals surface area contributed by atoms with Crippen LogP contribution in [-0.2, 0) is 16.8 Å². The van der Waals surface area contributed by atoms with E-state index in [-0.39, 0.29) is 23.3 Å². The molecule has 3 rings (SSSR count). The Kier molecular flexibility index (Phi) is 5.25. The average molecular weight is 358 g/mol. The molecule has 0 bridgehead atoms. The Morgan fingerprint density at radius 1 is 1.28 bits per heavy atom. The second-order valence-electron chi connectivity index (χ2n) is 7.88. The molecule has 1 aliphatic rings. The van der Waals surface area contributed by atoms with Gasteiger partial charge in [0.25, 0.3) is 0 Å². The number of thiazole rings is 1. The van der Waals surface area contributed by atoms with Crippen molar-refractivity contribution in [3.8, 4) is 0 Å². The highest BCUT2D eigenvalue weighted by Crippen LogP contribution is 2.30. The summed E-state index contributed by atoms with van der Waals surface area (Å²) in [4.78, 5) is 16.5. The molecule has 1 aromatic heterocycles. The van der Waals surface area contributed by atoms with E-state index in [1.165, 1.54) is 10.6 Å². The van der Waals surface area contributed by atoms with Crippen LogP contribution in [0, 0.1) is 5.92 Å². The van der Waals surface area contributed by atoms with Gasteiger partial charge in [0.05, 0.1) is 10.7 Å². The number of carbonyl (C=O) groups excluding carboxylic acids is 1. The predicted octanol–water partition coefficient (Wildman–Crippen LogP) is 4.64. The van der Waals surface area contributed by atoms with E-state index in [1.54, 1.807) is 11.3 Å². The van der Waals surface area contributed by atoms with Crippen LogP contribution in [-0.4, -0.2) is 10.9 Å². The van der Waals surface area contributed by atoms with Gasteiger partial charge in [0, 0.05) is 35.0 Å². The first-order chi connectivity index (χ1) is 11.8. The SMILES string of the molecule is CC(NCc1csc(C(C)(C)C)n1)c1ccc(NC(=O)C2CC2)cc1. The summed E-state index contributed by atoms with van der Waals surface area (Å²) >= 11 is 1.73. The lowest BCUT2D eigenvalue weighted by atomic mass is 9.98. The van der Waals surface area contributed by atoms with Crippen LogP contribution in [0.25, 0.3) is 0 Å². The lowest BCUT2D eigenvalue weighted by Gasteiger charge is -2.15. The molecule has 25 heavy (non-hydrogen) atoms. The third-order valence-corrected chi connectivity index (χ3v) is 5.73. The second-order valence-corrected chi connectivity index (χ2v) is 8.74. The molecule has 2 N–H and O–H groups in total. The Balaban J connectivity index is 1.53. The van der Waals surface area contributed by atoms with Crippen molar-refractivity contribution in [2.24, 2.45) is 5.92 Å². The number of rotatable bonds is 6. The van der Waals surface area contributed by atoms with Crippen molar-refractivity contribution in [1.82, 2.24) is 10.3 Å². The summed E-state index contributed by atoms with van der Waals surface area (Å²) in [7, 11) is 0. The Morgan fingerprint density at radius 3 is 2.52 bits per heavy atom. The first-order valence-electron chi connectivity index (χ1n) is 8.92. The molecule has 134 valence electrons. The maximum absolute atomic E-state index is 11.8. The van der Waals surface area contributed by atoms with Gasteiger partial charge in [0.1, 0.15) is 0 Å². The fourth-order valence-corrected chi connectivity index (χ4v) is 3.46. The normalized spacial score (nSPS) is 15.8. The molecule has 1 aromatic carbocycles. The summed E-state index contributed by atoms with van der Waals surface area (Å²) in [6.45, 7) is 9.47. The van der Waals surface area contributed by atoms with Gasteiger partial charge in [-0.25, -0.2) is 4.98 Å². The lowest BCUT2D eigenvalue weighted by Crippen LogP contribution is -2.19. The Bertz CT molecular complexity index is 726. The van der Waals surface area contributed by atoms with Gasteiger partial charge in [-0.2, -0.15) is 0 Å². The predicted molar refractivity (Wildman–Crippen MR) is 104 cm³/mol. The molecule has 0 saturated heterocycles. The van der Waals surface area contributed by atoms with E-state index in [1.807, 2.05) is 12.1 Å². The van der Waals surface area contributed by atoms with Crippen LogP contribution < -0.4 is 10.6 Å². The maximum Gasteiger partial charge on any atom is 0.227 e. The van der Waals surface area contributed by atoms with Gasteiger partial charge < -0.3 is 10.6 Å². The standard InChI is InChI=1S/C20H27N3OS/c1-13(21-11-17-12-25-19(23-17)20(2,3)4)14-7-9-16(10-8-14)22-18(24)15-5-6-15/h7-10,12-13,15,21H,5-6,11H2,1-4H3,(H,22,24). The van der Waals surface area contributed by atoms with Crippen LogP contribution in [0.3, 0.4) is 0 Å². The van der Waals surface area contributed by atoms with Crippen molar-refractivity contribution < 1.29 is 4.79 Å². The van der Waals surface area contributed by atoms with Crippen LogP contribution >= 0.6 is 11.3 Å². The molecule has 1 saturated carbocycles. The largest absolute Gasteiger partial charge is 0.326 e. The molecule has 0 aliphatic heterocycles. The summed E-state index contributed by atoms with van der Waals surface area (Å²) in [5, 5.41) is 9.81. The van der Waals surface area contributed by atoms with Crippen LogP contribution in [0.1, 0.15) is 62.8 Å². The van der Waals surface area contributed by atoms with Gasteiger partial charge in [-0.3, -0.25) is 4.79 Å². The van der Waals surface area contributed by atoms with E-state index in [2.05, 4.69) is 55.8 Å². The Hall–Kier alpha value is -1.72. The topological polar surface area (TPSA) is 54.0 Å². The number of hydrogen-bond donors (Lipinski definition) is 2. The Morgan fingerprint density at radius 2 is 1.96 bits per heavy atom. The van der Waals surface area contributed by atoms with Crippen LogP contribution in [0.5, 0.6) is 0 Å². The number of amides is 1. The zero-order valence-electron chi connectivity index (χ0n) is 15.4. The van der Waals surface area contributed by atoms with E-state index < -0.39 is 0 Å². The van der Waals surface area contributed by atoms with Crippen molar-refractivity contribution in [1.29, 1.82) is 0 Å². The van der Waals surface area contributed by atoms with Crippen molar-refractivity contribution in [2.75, 3.05) is 5.32 Å². The molecular formula is C20H27N3OS. The van der Waals surface area contributed by atoms with E-state index in [9.17, 15) is 4.79 Å². The first-order valence-corrected chi connectivity index (χ1v) is 9.80. The average Bonchev–Trinajstić information content (AvgIpc) is 3.30. The van der Waals surface area contributed by atoms with Crippen molar-refractivity contribution >= 4 is 22.9 Å². The number of aromatic nitrogens is 1. The zero-order chi connectivity index (χ0) is 18.0. The summed E-state index contributed by atoms with van der Waals surface area (Å²) in [6.07, 6.45) is 2.05. The number of anilines is 1. The zero-order valence-corrected chi connectivity index (χ0v) is 16.2. The third kappa shape index (κ3) is 4.89. The van der Waals surface area contributed by atoms with E-state index in [0.717, 1.165) is 30.8 Å². The molecule has 1 fully saturated rings. The summed E-state index contributed by atoms with van der Waals surface area (Å²) < 4.78 is 0. The summed E-state index contributed by atoms with van der Waals surface area (Å²) in [5.41, 5.74) is 3.28. The van der Waals surface area contributed by atoms with Gasteiger partial charge in [-0.05, 0) is 37.5 Å². The molecule has 1 aliphatic carbocycles. The number of nitrogens with one attached hydrogen (secondary N) is 2. The second kappa shape index (κ2) is 7.26. The monoisotopic (exact) mass is 357 g/mol. The molecule has 0 radical (unpaired) electrons. The minimum absolute atomic E-state index is 0.106. The molecule has 0 spiro atoms. The van der Waals surface area contributed by atoms with Crippen molar-refractivity contribution in [3.05, 3.63) is 45.9 Å². The molecule has 5 heteroatoms. The van der Waals surface area contributed by atoms with E-state index in [0.29, 0.717) is 0 Å². The molecule has 1 unspecified atom stereocenters. The van der Waals surface area contributed by atoms with Gasteiger partial charge in [-0.15, -0.1) is 11.3 Å². The Labute approximate surface area is 154 Å². The highest BCUT2D eigenvalue weighted by Gasteiger charge is 2.29. The van der Waals surface area contributed by atoms with Crippen LogP contribution in [0.2, 0.25) is 0 Å². The van der Waals surface area contributed by atoms with Crippen LogP contribution in [0.15, 0.2) is 29.6 Å². The molecule has 1 amide bonds. The highest BCUT2D eigenvalue weighted by molar-refractivity contribution is 7.09. The minimum Gasteiger partial charge on any atom is -0.326 e. The fourth-order valence-electron chi connectivity index (χ4n) is 2.55. The van der Waals surface area contributed by atoms with Gasteiger partial charge in [-0.1, -0.05) is 32.9 Å². The molecule has 2 aromatic rings. The molecule has 4 nitrogen and oxygen atoms in total. The number of carbonyl (C=O) groups is 1. The van der Waals surface area contributed by atoms with Gasteiger partial charge in [0.2, 0.25) is 5.91 Å². The first kappa shape index (κ1) is 18.1. The quantitative estimate of drug-likeness (QED) is 0.792. The molecular weight excluding hydrogens is 330 g/mol. The number of nitrogens with zero attached hydrogens (tertiary/aromatic N) is 1. The van der Waals surface area contributed by atoms with Gasteiger partial charge in [0.15, 0.2) is 0 Å². The van der Waals surface area contributed by atoms with E-state index in [4.69, 9.17) is 4.98 Å².